The normalized spacial score (nSPS) is 12.8. The van der Waals surface area contributed by atoms with Crippen molar-refractivity contribution in [2.75, 3.05) is 0 Å². The van der Waals surface area contributed by atoms with Crippen molar-refractivity contribution in [3.63, 3.8) is 0 Å². The lowest BCUT2D eigenvalue weighted by Crippen LogP contribution is -2.14. The predicted molar refractivity (Wildman–Crippen MR) is 192 cm³/mol. The van der Waals surface area contributed by atoms with Crippen LogP contribution in [0.4, 0.5) is 5.69 Å². The number of hydrogen-bond donors (Lipinski definition) is 0. The summed E-state index contributed by atoms with van der Waals surface area (Å²) in [6.07, 6.45) is 0. The lowest BCUT2D eigenvalue weighted by molar-refractivity contribution is 0.617. The Morgan fingerprint density at radius 1 is 0.592 bits per heavy atom. The van der Waals surface area contributed by atoms with Crippen molar-refractivity contribution in [3.8, 4) is 62.4 Å². The van der Waals surface area contributed by atoms with Gasteiger partial charge in [0.2, 0.25) is 11.8 Å². The average Bonchev–Trinajstić information content (AvgIpc) is 3.84. The summed E-state index contributed by atoms with van der Waals surface area (Å²) in [6, 6.07) is 42.1. The third kappa shape index (κ3) is 4.47. The van der Waals surface area contributed by atoms with E-state index in [-0.39, 0.29) is 5.41 Å². The van der Waals surface area contributed by atoms with Crippen LogP contribution in [0.2, 0.25) is 0 Å². The van der Waals surface area contributed by atoms with Crippen molar-refractivity contribution in [2.45, 2.75) is 19.3 Å². The number of nitrogens with zero attached hydrogens (tertiary/aromatic N) is 4. The summed E-state index contributed by atoms with van der Waals surface area (Å²) in [5.74, 6) is 0.863. The second-order valence-corrected chi connectivity index (χ2v) is 12.8. The van der Waals surface area contributed by atoms with Crippen LogP contribution in [0.1, 0.15) is 30.5 Å². The molecule has 0 radical (unpaired) electrons. The maximum atomic E-state index is 10.8. The van der Waals surface area contributed by atoms with Gasteiger partial charge in [0, 0.05) is 16.5 Å². The Morgan fingerprint density at radius 2 is 1.14 bits per heavy atom. The lowest BCUT2D eigenvalue weighted by atomic mass is 9.81. The molecule has 0 aliphatic heterocycles. The van der Waals surface area contributed by atoms with Crippen LogP contribution in [0.5, 0.6) is 0 Å². The molecule has 0 saturated heterocycles. The van der Waals surface area contributed by atoms with Gasteiger partial charge in [-0.25, -0.2) is 14.8 Å². The lowest BCUT2D eigenvalue weighted by Gasteiger charge is -2.22. The first kappa shape index (κ1) is 28.5. The van der Waals surface area contributed by atoms with Gasteiger partial charge in [-0.15, -0.1) is 0 Å². The number of rotatable bonds is 4. The van der Waals surface area contributed by atoms with Gasteiger partial charge in [-0.3, -0.25) is 0 Å². The molecule has 0 saturated carbocycles. The molecule has 230 valence electrons. The molecule has 0 amide bonds. The first-order chi connectivity index (χ1) is 23.9. The Balaban J connectivity index is 1.26. The molecule has 6 heteroatoms. The molecule has 0 N–H and O–H groups in total. The molecule has 9 rings (SSSR count). The molecule has 8 aromatic rings. The Kier molecular flexibility index (Phi) is 6.18. The second-order valence-electron chi connectivity index (χ2n) is 12.8. The highest BCUT2D eigenvalue weighted by Gasteiger charge is 2.35. The number of hydrogen-bond acceptors (Lipinski definition) is 5. The van der Waals surface area contributed by atoms with Gasteiger partial charge in [-0.2, -0.15) is 5.26 Å². The molecular weight excluding hydrogens is 604 g/mol. The van der Waals surface area contributed by atoms with Gasteiger partial charge < -0.3 is 8.83 Å². The van der Waals surface area contributed by atoms with E-state index >= 15 is 0 Å². The zero-order chi connectivity index (χ0) is 33.3. The van der Waals surface area contributed by atoms with Gasteiger partial charge in [0.25, 0.3) is 0 Å². The van der Waals surface area contributed by atoms with Gasteiger partial charge >= 0.3 is 0 Å². The minimum atomic E-state index is -0.211. The van der Waals surface area contributed by atoms with Crippen LogP contribution in [0, 0.1) is 17.9 Å². The number of aromatic nitrogens is 2. The van der Waals surface area contributed by atoms with Crippen LogP contribution in [-0.2, 0) is 5.41 Å². The quantitative estimate of drug-likeness (QED) is 0.181. The van der Waals surface area contributed by atoms with Crippen LogP contribution in [-0.4, -0.2) is 9.97 Å². The smallest absolute Gasteiger partial charge is 0.227 e. The minimum Gasteiger partial charge on any atom is -0.436 e. The molecule has 0 bridgehead atoms. The fraction of sp³-hybridized carbons (Fsp3) is 0.0698. The number of para-hydroxylation sites is 4. The first-order valence-electron chi connectivity index (χ1n) is 16.0. The fourth-order valence-corrected chi connectivity index (χ4v) is 7.16. The van der Waals surface area contributed by atoms with E-state index in [4.69, 9.17) is 25.4 Å². The number of oxazole rings is 2. The summed E-state index contributed by atoms with van der Waals surface area (Å²) < 4.78 is 12.4. The van der Waals surface area contributed by atoms with E-state index in [1.807, 2.05) is 72.8 Å². The van der Waals surface area contributed by atoms with Gasteiger partial charge in [-0.1, -0.05) is 74.5 Å². The zero-order valence-corrected chi connectivity index (χ0v) is 26.7. The standard InChI is InChI=1S/C43H26N4O2/c1-43(2)35-11-5-4-10-30(35)31-17-16-25(21-36(31)43)32-22-29(45-3)23-33(34(32)24-44)26-18-27(41-46-37-12-6-8-14-39(37)48-41)20-28(19-26)42-47-38-13-7-9-15-40(38)49-42/h4-23H,1-2H3. The number of nitriles is 1. The van der Waals surface area contributed by atoms with Crippen molar-refractivity contribution in [1.82, 2.24) is 9.97 Å². The molecule has 0 spiro atoms. The zero-order valence-electron chi connectivity index (χ0n) is 26.7. The van der Waals surface area contributed by atoms with E-state index in [0.29, 0.717) is 62.0 Å². The van der Waals surface area contributed by atoms with Crippen molar-refractivity contribution in [3.05, 3.63) is 149 Å². The van der Waals surface area contributed by atoms with Gasteiger partial charge in [0.1, 0.15) is 17.1 Å². The van der Waals surface area contributed by atoms with Crippen molar-refractivity contribution in [1.29, 1.82) is 5.26 Å². The van der Waals surface area contributed by atoms with E-state index in [9.17, 15) is 5.26 Å². The van der Waals surface area contributed by atoms with E-state index in [1.54, 1.807) is 6.07 Å². The van der Waals surface area contributed by atoms with Crippen molar-refractivity contribution in [2.24, 2.45) is 0 Å². The summed E-state index contributed by atoms with van der Waals surface area (Å²) in [6.45, 7) is 12.5. The molecule has 6 aromatic carbocycles. The predicted octanol–water partition coefficient (Wildman–Crippen LogP) is 11.4. The average molecular weight is 631 g/mol. The molecule has 0 atom stereocenters. The van der Waals surface area contributed by atoms with Gasteiger partial charge in [0.05, 0.1) is 12.1 Å². The van der Waals surface area contributed by atoms with Crippen molar-refractivity contribution >= 4 is 27.9 Å². The van der Waals surface area contributed by atoms with E-state index in [0.717, 1.165) is 16.6 Å². The third-order valence-electron chi connectivity index (χ3n) is 9.58. The highest BCUT2D eigenvalue weighted by molar-refractivity contribution is 5.91. The molecular formula is C43H26N4O2. The Hall–Kier alpha value is -6.76. The van der Waals surface area contributed by atoms with Crippen molar-refractivity contribution < 1.29 is 8.83 Å². The van der Waals surface area contributed by atoms with Crippen LogP contribution >= 0.6 is 0 Å². The minimum absolute atomic E-state index is 0.211. The molecule has 49 heavy (non-hydrogen) atoms. The highest BCUT2D eigenvalue weighted by atomic mass is 16.4. The third-order valence-corrected chi connectivity index (χ3v) is 9.58. The maximum absolute atomic E-state index is 10.8. The summed E-state index contributed by atoms with van der Waals surface area (Å²) in [5, 5.41) is 10.8. The summed E-state index contributed by atoms with van der Waals surface area (Å²) in [7, 11) is 0. The molecule has 1 aliphatic carbocycles. The number of benzene rings is 6. The van der Waals surface area contributed by atoms with E-state index < -0.39 is 0 Å². The number of fused-ring (bicyclic) bond motifs is 5. The van der Waals surface area contributed by atoms with Gasteiger partial charge in [-0.05, 0) is 105 Å². The molecule has 0 unspecified atom stereocenters. The SMILES string of the molecule is [C-]#[N+]c1cc(-c2cc(-c3nc4ccccc4o3)cc(-c3nc4ccccc4o3)c2)c(C#N)c(-c2ccc3c(c2)C(C)(C)c2ccccc2-3)c1. The molecule has 1 aliphatic rings. The Bertz CT molecular complexity index is 2580. The Labute approximate surface area is 282 Å². The maximum Gasteiger partial charge on any atom is 0.227 e. The first-order valence-corrected chi connectivity index (χ1v) is 16.0. The van der Waals surface area contributed by atoms with E-state index in [1.165, 1.54) is 22.3 Å². The monoisotopic (exact) mass is 630 g/mol. The highest BCUT2D eigenvalue weighted by Crippen LogP contribution is 2.50. The summed E-state index contributed by atoms with van der Waals surface area (Å²) in [4.78, 5) is 13.4. The summed E-state index contributed by atoms with van der Waals surface area (Å²) in [5.41, 5.74) is 12.7. The summed E-state index contributed by atoms with van der Waals surface area (Å²) >= 11 is 0. The fourth-order valence-electron chi connectivity index (χ4n) is 7.16. The van der Waals surface area contributed by atoms with Gasteiger partial charge in [0.15, 0.2) is 16.9 Å². The van der Waals surface area contributed by atoms with Crippen LogP contribution in [0.3, 0.4) is 0 Å². The molecule has 2 heterocycles. The molecule has 6 nitrogen and oxygen atoms in total. The van der Waals surface area contributed by atoms with Crippen LogP contribution in [0.15, 0.2) is 130 Å². The van der Waals surface area contributed by atoms with Crippen LogP contribution < -0.4 is 0 Å². The Morgan fingerprint density at radius 3 is 1.76 bits per heavy atom. The molecule has 2 aromatic heterocycles. The molecule has 0 fully saturated rings. The largest absolute Gasteiger partial charge is 0.436 e. The topological polar surface area (TPSA) is 80.2 Å². The second kappa shape index (κ2) is 10.6. The van der Waals surface area contributed by atoms with Crippen LogP contribution in [0.25, 0.3) is 83.3 Å². The van der Waals surface area contributed by atoms with E-state index in [2.05, 4.69) is 67.2 Å².